The first kappa shape index (κ1) is 37.1. The maximum atomic E-state index is 13.6. The van der Waals surface area contributed by atoms with Gasteiger partial charge in [-0.3, -0.25) is 19.3 Å². The summed E-state index contributed by atoms with van der Waals surface area (Å²) in [4.78, 5) is 46.6. The number of thiazole rings is 1. The van der Waals surface area contributed by atoms with E-state index >= 15 is 0 Å². The topological polar surface area (TPSA) is 109 Å². The number of ether oxygens (including phenoxy) is 1. The fourth-order valence-electron chi connectivity index (χ4n) is 8.76. The SMILES string of the molecule is C=C[C@]1(C)C[C@@H](OC(=O)CSCc2csc(NC(=O)CN(CCCC)CCCC)n2)[C@]2(C)[C@H](C)CC[C@]3(CCC(=O)[C@@H]32)[C@@H](C)[C@@H]1O. The molecule has 0 radical (unpaired) electrons. The molecule has 1 heterocycles. The molecule has 2 N–H and O–H groups in total. The van der Waals surface area contributed by atoms with Crippen LogP contribution >= 0.6 is 23.1 Å². The summed E-state index contributed by atoms with van der Waals surface area (Å²) in [7, 11) is 0. The van der Waals surface area contributed by atoms with Crippen LogP contribution in [0.3, 0.4) is 0 Å². The molecule has 3 saturated carbocycles. The molecule has 10 heteroatoms. The van der Waals surface area contributed by atoms with E-state index in [9.17, 15) is 19.5 Å². The van der Waals surface area contributed by atoms with Gasteiger partial charge in [0.05, 0.1) is 24.1 Å². The summed E-state index contributed by atoms with van der Waals surface area (Å²) < 4.78 is 6.36. The number of aliphatic hydroxyl groups excluding tert-OH is 1. The summed E-state index contributed by atoms with van der Waals surface area (Å²) >= 11 is 2.83. The van der Waals surface area contributed by atoms with Crippen LogP contribution in [0.4, 0.5) is 5.13 Å². The van der Waals surface area contributed by atoms with Gasteiger partial charge < -0.3 is 15.2 Å². The maximum absolute atomic E-state index is 13.6. The van der Waals surface area contributed by atoms with Crippen molar-refractivity contribution < 1.29 is 24.2 Å². The number of unbranched alkanes of at least 4 members (excludes halogenated alkanes) is 2. The summed E-state index contributed by atoms with van der Waals surface area (Å²) in [6, 6.07) is 0. The zero-order valence-electron chi connectivity index (χ0n) is 28.9. The smallest absolute Gasteiger partial charge is 0.316 e. The van der Waals surface area contributed by atoms with Crippen LogP contribution in [0.25, 0.3) is 0 Å². The minimum absolute atomic E-state index is 0.0511. The van der Waals surface area contributed by atoms with Crippen molar-refractivity contribution in [1.82, 2.24) is 9.88 Å². The van der Waals surface area contributed by atoms with Crippen LogP contribution in [0.5, 0.6) is 0 Å². The lowest BCUT2D eigenvalue weighted by atomic mass is 9.44. The fourth-order valence-corrected chi connectivity index (χ4v) is 10.3. The Kier molecular flexibility index (Phi) is 12.6. The van der Waals surface area contributed by atoms with Gasteiger partial charge in [0.1, 0.15) is 11.9 Å². The quantitative estimate of drug-likeness (QED) is 0.149. The number of anilines is 1. The van der Waals surface area contributed by atoms with E-state index in [-0.39, 0.29) is 46.6 Å². The lowest BCUT2D eigenvalue weighted by Crippen LogP contribution is -2.63. The minimum atomic E-state index is -0.679. The average Bonchev–Trinajstić information content (AvgIpc) is 3.62. The summed E-state index contributed by atoms with van der Waals surface area (Å²) in [5, 5.41) is 17.2. The van der Waals surface area contributed by atoms with Crippen LogP contribution in [-0.4, -0.2) is 70.2 Å². The van der Waals surface area contributed by atoms with E-state index < -0.39 is 23.0 Å². The Hall–Kier alpha value is -1.75. The van der Waals surface area contributed by atoms with Gasteiger partial charge in [0, 0.05) is 34.3 Å². The predicted molar refractivity (Wildman–Crippen MR) is 188 cm³/mol. The number of carbonyl (C=O) groups is 3. The molecule has 0 saturated heterocycles. The highest BCUT2D eigenvalue weighted by atomic mass is 32.2. The van der Waals surface area contributed by atoms with Gasteiger partial charge >= 0.3 is 5.97 Å². The monoisotopic (exact) mass is 675 g/mol. The highest BCUT2D eigenvalue weighted by Gasteiger charge is 2.68. The number of aromatic nitrogens is 1. The van der Waals surface area contributed by atoms with E-state index in [4.69, 9.17) is 4.74 Å². The van der Waals surface area contributed by atoms with Crippen molar-refractivity contribution in [3.8, 4) is 0 Å². The number of esters is 1. The normalized spacial score (nSPS) is 34.1. The molecule has 8 nitrogen and oxygen atoms in total. The Labute approximate surface area is 284 Å². The standard InChI is InChI=1S/C36H57N3O5S2/c1-8-11-17-39(18-12-9-2)20-29(41)38-33-37-26(22-46-33)21-45-23-30(42)44-28-19-34(6,10-3)32(43)25(5)36-15-13-24(4)35(28,7)31(36)27(40)14-16-36/h10,22,24-25,28,31-32,43H,3,8-9,11-21,23H2,1-2,4-7H3,(H,37,38,41)/t24-,25+,28-,31-,32+,34-,35+,36+/m1/s1. The Morgan fingerprint density at radius 2 is 1.91 bits per heavy atom. The third-order valence-corrected chi connectivity index (χ3v) is 13.6. The number of Topliss-reactive ketones (excluding diaryl/α,β-unsaturated/α-hetero) is 1. The number of amides is 1. The second-order valence-corrected chi connectivity index (χ2v) is 16.6. The molecule has 1 aromatic rings. The number of hydrogen-bond acceptors (Lipinski definition) is 9. The number of nitrogens with one attached hydrogen (secondary N) is 1. The van der Waals surface area contributed by atoms with E-state index in [0.717, 1.165) is 63.7 Å². The second-order valence-electron chi connectivity index (χ2n) is 14.7. The van der Waals surface area contributed by atoms with Gasteiger partial charge in [-0.25, -0.2) is 4.98 Å². The summed E-state index contributed by atoms with van der Waals surface area (Å²) in [6.07, 6.45) is 8.59. The van der Waals surface area contributed by atoms with Gasteiger partial charge in [-0.15, -0.1) is 29.7 Å². The van der Waals surface area contributed by atoms with Crippen molar-refractivity contribution in [3.63, 3.8) is 0 Å². The van der Waals surface area contributed by atoms with Crippen LogP contribution in [0, 0.1) is 34.0 Å². The first-order valence-corrected chi connectivity index (χ1v) is 19.5. The molecule has 0 unspecified atom stereocenters. The van der Waals surface area contributed by atoms with Crippen molar-refractivity contribution in [2.45, 2.75) is 117 Å². The minimum Gasteiger partial charge on any atom is -0.461 e. The first-order chi connectivity index (χ1) is 21.8. The molecule has 3 aliphatic carbocycles. The van der Waals surface area contributed by atoms with Gasteiger partial charge in [0.15, 0.2) is 5.13 Å². The van der Waals surface area contributed by atoms with Crippen molar-refractivity contribution >= 4 is 45.9 Å². The Morgan fingerprint density at radius 1 is 1.22 bits per heavy atom. The molecule has 0 aliphatic heterocycles. The third kappa shape index (κ3) is 7.60. The highest BCUT2D eigenvalue weighted by molar-refractivity contribution is 7.99. The summed E-state index contributed by atoms with van der Waals surface area (Å²) in [6.45, 7) is 19.1. The number of ketones is 1. The van der Waals surface area contributed by atoms with E-state index in [1.807, 2.05) is 18.4 Å². The lowest BCUT2D eigenvalue weighted by molar-refractivity contribution is -0.205. The Bertz CT molecular complexity index is 1230. The number of thioether (sulfide) groups is 1. The van der Waals surface area contributed by atoms with Gasteiger partial charge in [0.25, 0.3) is 0 Å². The predicted octanol–water partition coefficient (Wildman–Crippen LogP) is 7.12. The highest BCUT2D eigenvalue weighted by Crippen LogP contribution is 2.68. The Morgan fingerprint density at radius 3 is 2.57 bits per heavy atom. The van der Waals surface area contributed by atoms with E-state index in [1.54, 1.807) is 0 Å². The second kappa shape index (κ2) is 15.6. The largest absolute Gasteiger partial charge is 0.461 e. The van der Waals surface area contributed by atoms with E-state index in [1.165, 1.54) is 23.1 Å². The zero-order chi connectivity index (χ0) is 33.7. The molecule has 4 rings (SSSR count). The molecule has 1 aromatic heterocycles. The molecule has 2 bridgehead atoms. The van der Waals surface area contributed by atoms with Crippen LogP contribution in [0.2, 0.25) is 0 Å². The van der Waals surface area contributed by atoms with E-state index in [2.05, 4.69) is 56.4 Å². The van der Waals surface area contributed by atoms with Crippen LogP contribution in [-0.2, 0) is 24.9 Å². The van der Waals surface area contributed by atoms with Crippen molar-refractivity contribution in [3.05, 3.63) is 23.7 Å². The molecule has 258 valence electrons. The van der Waals surface area contributed by atoms with Crippen molar-refractivity contribution in [1.29, 1.82) is 0 Å². The van der Waals surface area contributed by atoms with Crippen LogP contribution in [0.1, 0.15) is 105 Å². The fraction of sp³-hybridized carbons (Fsp3) is 0.778. The molecular weight excluding hydrogens is 619 g/mol. The summed E-state index contributed by atoms with van der Waals surface area (Å²) in [5.74, 6) is 0.464. The average molecular weight is 676 g/mol. The molecule has 0 aromatic carbocycles. The molecule has 46 heavy (non-hydrogen) atoms. The van der Waals surface area contributed by atoms with Crippen LogP contribution in [0.15, 0.2) is 18.0 Å². The van der Waals surface area contributed by atoms with Crippen LogP contribution < -0.4 is 5.32 Å². The van der Waals surface area contributed by atoms with Gasteiger partial charge in [-0.2, -0.15) is 0 Å². The zero-order valence-corrected chi connectivity index (χ0v) is 30.6. The molecule has 3 fully saturated rings. The van der Waals surface area contributed by atoms with Gasteiger partial charge in [-0.05, 0) is 68.9 Å². The lowest BCUT2D eigenvalue weighted by Gasteiger charge is -2.61. The van der Waals surface area contributed by atoms with Gasteiger partial charge in [0.2, 0.25) is 5.91 Å². The molecule has 1 amide bonds. The maximum Gasteiger partial charge on any atom is 0.316 e. The number of nitrogens with zero attached hydrogens (tertiary/aromatic N) is 2. The molecule has 8 atom stereocenters. The molecular formula is C36H57N3O5S2. The molecule has 3 aliphatic rings. The number of rotatable bonds is 15. The van der Waals surface area contributed by atoms with Crippen molar-refractivity contribution in [2.24, 2.45) is 34.0 Å². The molecule has 0 spiro atoms. The third-order valence-electron chi connectivity index (χ3n) is 11.9. The first-order valence-electron chi connectivity index (χ1n) is 17.4. The number of carbonyl (C=O) groups excluding carboxylic acids is 3. The van der Waals surface area contributed by atoms with Crippen molar-refractivity contribution in [2.75, 3.05) is 30.7 Å². The Balaban J connectivity index is 1.38. The van der Waals surface area contributed by atoms with Gasteiger partial charge in [-0.1, -0.05) is 60.5 Å². The number of hydrogen-bond donors (Lipinski definition) is 2. The van der Waals surface area contributed by atoms with E-state index in [0.29, 0.717) is 30.3 Å². The summed E-state index contributed by atoms with van der Waals surface area (Å²) in [5.41, 5.74) is -0.647. The number of aliphatic hydroxyl groups is 1.